The molecule has 178 valence electrons. The van der Waals surface area contributed by atoms with Crippen molar-refractivity contribution < 1.29 is 18.3 Å². The number of carbonyl (C=O) groups is 1. The van der Waals surface area contributed by atoms with Crippen molar-refractivity contribution in [3.8, 4) is 16.9 Å². The molecule has 4 nitrogen and oxygen atoms in total. The number of allylic oxidation sites excluding steroid dienone is 1. The Morgan fingerprint density at radius 2 is 1.88 bits per heavy atom. The van der Waals surface area contributed by atoms with Gasteiger partial charge in [-0.15, -0.1) is 0 Å². The second-order valence-corrected chi connectivity index (χ2v) is 9.73. The Kier molecular flexibility index (Phi) is 6.20. The van der Waals surface area contributed by atoms with Crippen LogP contribution >= 0.6 is 0 Å². The monoisotopic (exact) mass is 461 g/mol. The average molecular weight is 462 g/mol. The van der Waals surface area contributed by atoms with Gasteiger partial charge in [0.25, 0.3) is 0 Å². The van der Waals surface area contributed by atoms with E-state index in [0.717, 1.165) is 58.2 Å². The second kappa shape index (κ2) is 9.28. The van der Waals surface area contributed by atoms with Gasteiger partial charge in [0.05, 0.1) is 13.4 Å². The quantitative estimate of drug-likeness (QED) is 0.388. The van der Waals surface area contributed by atoms with Gasteiger partial charge in [0.15, 0.2) is 0 Å². The molecule has 5 heteroatoms. The van der Waals surface area contributed by atoms with E-state index in [1.807, 2.05) is 19.9 Å². The summed E-state index contributed by atoms with van der Waals surface area (Å²) in [6, 6.07) is 8.81. The van der Waals surface area contributed by atoms with Crippen molar-refractivity contribution in [3.05, 3.63) is 59.6 Å². The van der Waals surface area contributed by atoms with Gasteiger partial charge >= 0.3 is 0 Å². The summed E-state index contributed by atoms with van der Waals surface area (Å²) < 4.78 is 25.2. The van der Waals surface area contributed by atoms with Crippen molar-refractivity contribution >= 4 is 22.4 Å². The summed E-state index contributed by atoms with van der Waals surface area (Å²) in [5, 5.41) is 0.922. The highest BCUT2D eigenvalue weighted by Gasteiger charge is 2.35. The minimum absolute atomic E-state index is 0.0971. The number of piperidine rings is 1. The van der Waals surface area contributed by atoms with Gasteiger partial charge in [-0.3, -0.25) is 4.79 Å². The molecule has 1 aromatic heterocycles. The lowest BCUT2D eigenvalue weighted by Crippen LogP contribution is -2.49. The molecule has 0 bridgehead atoms. The summed E-state index contributed by atoms with van der Waals surface area (Å²) >= 11 is 0. The predicted octanol–water partition coefficient (Wildman–Crippen LogP) is 7.14. The van der Waals surface area contributed by atoms with Gasteiger partial charge in [-0.25, -0.2) is 4.39 Å². The van der Waals surface area contributed by atoms with Crippen LogP contribution in [0, 0.1) is 18.7 Å². The first-order valence-corrected chi connectivity index (χ1v) is 12.3. The van der Waals surface area contributed by atoms with E-state index in [-0.39, 0.29) is 11.7 Å². The van der Waals surface area contributed by atoms with E-state index in [1.165, 1.54) is 37.8 Å². The smallest absolute Gasteiger partial charge is 0.247 e. The van der Waals surface area contributed by atoms with Crippen LogP contribution in [0.5, 0.6) is 5.75 Å². The van der Waals surface area contributed by atoms with Crippen molar-refractivity contribution in [1.29, 1.82) is 0 Å². The number of halogens is 1. The number of ether oxygens (including phenoxy) is 1. The van der Waals surface area contributed by atoms with Crippen molar-refractivity contribution in [2.24, 2.45) is 5.92 Å². The van der Waals surface area contributed by atoms with E-state index in [1.54, 1.807) is 31.6 Å². The molecule has 2 heterocycles. The van der Waals surface area contributed by atoms with Crippen molar-refractivity contribution in [3.63, 3.8) is 0 Å². The van der Waals surface area contributed by atoms with Crippen LogP contribution in [0.4, 0.5) is 4.39 Å². The Morgan fingerprint density at radius 1 is 1.15 bits per heavy atom. The topological polar surface area (TPSA) is 42.7 Å². The standard InChI is InChI=1S/C29H32FNO3/c1-18(15-27(32)31-14-6-8-21-7-4-5-9-26(21)31)23-16-24-25(20-10-12-22(30)13-11-20)17-34-29(24)19(2)28(23)33-3/h10-13,15-17,21,26H,4-9,14H2,1-3H3/b18-15+. The Labute approximate surface area is 200 Å². The number of hydrogen-bond acceptors (Lipinski definition) is 3. The van der Waals surface area contributed by atoms with E-state index in [9.17, 15) is 9.18 Å². The minimum Gasteiger partial charge on any atom is -0.496 e. The molecule has 0 radical (unpaired) electrons. The Morgan fingerprint density at radius 3 is 2.65 bits per heavy atom. The normalized spacial score (nSPS) is 20.9. The number of furan rings is 1. The molecule has 2 aliphatic rings. The maximum Gasteiger partial charge on any atom is 0.247 e. The first kappa shape index (κ1) is 22.7. The van der Waals surface area contributed by atoms with E-state index in [0.29, 0.717) is 17.7 Å². The molecule has 3 aromatic rings. The van der Waals surface area contributed by atoms with Gasteiger partial charge in [0, 0.05) is 40.7 Å². The summed E-state index contributed by atoms with van der Waals surface area (Å²) in [4.78, 5) is 15.5. The van der Waals surface area contributed by atoms with Crippen molar-refractivity contribution in [2.75, 3.05) is 13.7 Å². The first-order valence-electron chi connectivity index (χ1n) is 12.3. The van der Waals surface area contributed by atoms with Crippen LogP contribution in [-0.2, 0) is 4.79 Å². The highest BCUT2D eigenvalue weighted by atomic mass is 19.1. The SMILES string of the molecule is COc1c(/C(C)=C/C(=O)N2CCCC3CCCCC32)cc2c(-c3ccc(F)cc3)coc2c1C. The molecule has 5 rings (SSSR count). The van der Waals surface area contributed by atoms with Crippen LogP contribution < -0.4 is 4.74 Å². The zero-order valence-electron chi connectivity index (χ0n) is 20.2. The average Bonchev–Trinajstić information content (AvgIpc) is 3.28. The number of aryl methyl sites for hydroxylation is 1. The molecule has 0 spiro atoms. The summed E-state index contributed by atoms with van der Waals surface area (Å²) in [5.74, 6) is 1.19. The third-order valence-corrected chi connectivity index (χ3v) is 7.69. The lowest BCUT2D eigenvalue weighted by molar-refractivity contribution is -0.132. The van der Waals surface area contributed by atoms with Gasteiger partial charge in [0.2, 0.25) is 5.91 Å². The van der Waals surface area contributed by atoms with Gasteiger partial charge in [-0.05, 0) is 74.8 Å². The van der Waals surface area contributed by atoms with E-state index in [2.05, 4.69) is 4.90 Å². The summed E-state index contributed by atoms with van der Waals surface area (Å²) in [5.41, 5.74) is 5.14. The molecule has 2 aromatic carbocycles. The molecule has 2 unspecified atom stereocenters. The fourth-order valence-corrected chi connectivity index (χ4v) is 5.97. The molecule has 1 saturated heterocycles. The molecule has 2 atom stereocenters. The van der Waals surface area contributed by atoms with Crippen LogP contribution in [0.2, 0.25) is 0 Å². The van der Waals surface area contributed by atoms with Crippen LogP contribution in [-0.4, -0.2) is 30.5 Å². The fourth-order valence-electron chi connectivity index (χ4n) is 5.97. The minimum atomic E-state index is -0.273. The maximum absolute atomic E-state index is 13.5. The number of likely N-dealkylation sites (tertiary alicyclic amines) is 1. The molecule has 1 aliphatic heterocycles. The third kappa shape index (κ3) is 4.02. The lowest BCUT2D eigenvalue weighted by Gasteiger charge is -2.43. The fraction of sp³-hybridized carbons (Fsp3) is 0.414. The predicted molar refractivity (Wildman–Crippen MR) is 133 cm³/mol. The number of methoxy groups -OCH3 is 1. The van der Waals surface area contributed by atoms with E-state index < -0.39 is 0 Å². The maximum atomic E-state index is 13.5. The number of benzene rings is 2. The Hall–Kier alpha value is -3.08. The zero-order valence-corrected chi connectivity index (χ0v) is 20.2. The number of carbonyl (C=O) groups excluding carboxylic acids is 1. The molecule has 0 N–H and O–H groups in total. The molecule has 1 saturated carbocycles. The molecular formula is C29H32FNO3. The van der Waals surface area contributed by atoms with Gasteiger partial charge < -0.3 is 14.1 Å². The van der Waals surface area contributed by atoms with Gasteiger partial charge in [0.1, 0.15) is 17.1 Å². The van der Waals surface area contributed by atoms with Crippen LogP contribution in [0.15, 0.2) is 47.1 Å². The van der Waals surface area contributed by atoms with Crippen LogP contribution in [0.25, 0.3) is 27.7 Å². The number of nitrogens with zero attached hydrogens (tertiary/aromatic N) is 1. The molecule has 2 fully saturated rings. The van der Waals surface area contributed by atoms with Crippen molar-refractivity contribution in [1.82, 2.24) is 4.90 Å². The van der Waals surface area contributed by atoms with E-state index in [4.69, 9.17) is 9.15 Å². The molecule has 1 aliphatic carbocycles. The zero-order chi connectivity index (χ0) is 23.8. The lowest BCUT2D eigenvalue weighted by atomic mass is 9.78. The summed E-state index contributed by atoms with van der Waals surface area (Å²) in [6.07, 6.45) is 10.7. The number of hydrogen-bond donors (Lipinski definition) is 0. The number of rotatable bonds is 4. The largest absolute Gasteiger partial charge is 0.496 e. The molecular weight excluding hydrogens is 429 g/mol. The van der Waals surface area contributed by atoms with Gasteiger partial charge in [-0.2, -0.15) is 0 Å². The second-order valence-electron chi connectivity index (χ2n) is 9.73. The Balaban J connectivity index is 1.54. The molecule has 1 amide bonds. The van der Waals surface area contributed by atoms with E-state index >= 15 is 0 Å². The van der Waals surface area contributed by atoms with Crippen LogP contribution in [0.3, 0.4) is 0 Å². The summed E-state index contributed by atoms with van der Waals surface area (Å²) in [6.45, 7) is 4.78. The number of amides is 1. The Bertz CT molecular complexity index is 1240. The molecule has 34 heavy (non-hydrogen) atoms. The van der Waals surface area contributed by atoms with Crippen LogP contribution in [0.1, 0.15) is 56.6 Å². The third-order valence-electron chi connectivity index (χ3n) is 7.69. The number of fused-ring (bicyclic) bond motifs is 2. The first-order chi connectivity index (χ1) is 16.5. The summed E-state index contributed by atoms with van der Waals surface area (Å²) in [7, 11) is 1.65. The highest BCUT2D eigenvalue weighted by molar-refractivity contribution is 6.01. The van der Waals surface area contributed by atoms with Crippen molar-refractivity contribution in [2.45, 2.75) is 58.4 Å². The van der Waals surface area contributed by atoms with Gasteiger partial charge in [-0.1, -0.05) is 25.0 Å². The highest BCUT2D eigenvalue weighted by Crippen LogP contribution is 2.41.